The van der Waals surface area contributed by atoms with Crippen LogP contribution in [0.15, 0.2) is 17.5 Å². The molecule has 2 rings (SSSR count). The van der Waals surface area contributed by atoms with E-state index in [9.17, 15) is 14.4 Å². The topological polar surface area (TPSA) is 86.7 Å². The van der Waals surface area contributed by atoms with Crippen LogP contribution in [-0.2, 0) is 9.59 Å². The third kappa shape index (κ3) is 3.36. The lowest BCUT2D eigenvalue weighted by atomic mass is 10.2. The van der Waals surface area contributed by atoms with Crippen molar-refractivity contribution in [3.8, 4) is 0 Å². The number of hydrogen-bond acceptors (Lipinski definition) is 4. The van der Waals surface area contributed by atoms with Crippen LogP contribution in [0, 0.1) is 0 Å². The third-order valence-corrected chi connectivity index (χ3v) is 4.04. The molecule has 0 saturated carbocycles. The first kappa shape index (κ1) is 14.5. The van der Waals surface area contributed by atoms with Crippen molar-refractivity contribution in [1.29, 1.82) is 0 Å². The van der Waals surface area contributed by atoms with Gasteiger partial charge in [-0.3, -0.25) is 14.4 Å². The van der Waals surface area contributed by atoms with E-state index in [1.165, 1.54) is 11.3 Å². The van der Waals surface area contributed by atoms with Crippen molar-refractivity contribution in [2.24, 2.45) is 0 Å². The van der Waals surface area contributed by atoms with E-state index >= 15 is 0 Å². The summed E-state index contributed by atoms with van der Waals surface area (Å²) in [5.74, 6) is -1.35. The van der Waals surface area contributed by atoms with Crippen LogP contribution in [0.25, 0.3) is 0 Å². The minimum atomic E-state index is -0.955. The molecule has 2 heterocycles. The van der Waals surface area contributed by atoms with Gasteiger partial charge in [0.05, 0.1) is 11.3 Å². The maximum atomic E-state index is 12.3. The fourth-order valence-electron chi connectivity index (χ4n) is 2.23. The van der Waals surface area contributed by atoms with Crippen LogP contribution in [0.3, 0.4) is 0 Å². The van der Waals surface area contributed by atoms with Crippen molar-refractivity contribution >= 4 is 29.1 Å². The van der Waals surface area contributed by atoms with Gasteiger partial charge in [-0.2, -0.15) is 0 Å². The molecule has 2 amide bonds. The average Bonchev–Trinajstić information content (AvgIpc) is 3.08. The first-order valence-corrected chi connectivity index (χ1v) is 7.31. The smallest absolute Gasteiger partial charge is 0.305 e. The molecule has 1 atom stereocenters. The second-order valence-corrected chi connectivity index (χ2v) is 5.52. The molecule has 0 aliphatic carbocycles. The summed E-state index contributed by atoms with van der Waals surface area (Å²) < 4.78 is 0. The number of carbonyl (C=O) groups is 3. The van der Waals surface area contributed by atoms with Crippen molar-refractivity contribution in [1.82, 2.24) is 10.2 Å². The largest absolute Gasteiger partial charge is 0.481 e. The van der Waals surface area contributed by atoms with Crippen molar-refractivity contribution in [2.45, 2.75) is 25.3 Å². The number of carboxylic acid groups (broad SMARTS) is 1. The molecule has 108 valence electrons. The normalized spacial score (nSPS) is 18.0. The van der Waals surface area contributed by atoms with E-state index in [0.717, 1.165) is 6.42 Å². The number of amides is 2. The molecule has 1 aromatic rings. The molecule has 1 fully saturated rings. The number of hydrogen-bond donors (Lipinski definition) is 2. The quantitative estimate of drug-likeness (QED) is 0.846. The number of carbonyl (C=O) groups excluding carboxylic acids is 2. The van der Waals surface area contributed by atoms with Gasteiger partial charge in [0.2, 0.25) is 5.91 Å². The summed E-state index contributed by atoms with van der Waals surface area (Å²) in [5.41, 5.74) is 0. The van der Waals surface area contributed by atoms with Gasteiger partial charge in [-0.25, -0.2) is 0 Å². The van der Waals surface area contributed by atoms with E-state index in [-0.39, 0.29) is 24.8 Å². The number of nitrogens with one attached hydrogen (secondary N) is 1. The lowest BCUT2D eigenvalue weighted by molar-refractivity contribution is -0.137. The molecule has 20 heavy (non-hydrogen) atoms. The Kier molecular flexibility index (Phi) is 4.73. The summed E-state index contributed by atoms with van der Waals surface area (Å²) in [4.78, 5) is 36.9. The minimum absolute atomic E-state index is 0.0890. The Balaban J connectivity index is 1.95. The monoisotopic (exact) mass is 296 g/mol. The summed E-state index contributed by atoms with van der Waals surface area (Å²) in [6.07, 6.45) is 1.29. The Morgan fingerprint density at radius 3 is 2.90 bits per heavy atom. The lowest BCUT2D eigenvalue weighted by Crippen LogP contribution is -2.46. The molecular weight excluding hydrogens is 280 g/mol. The molecule has 1 aromatic heterocycles. The molecular formula is C13H16N2O4S. The molecule has 0 bridgehead atoms. The zero-order valence-electron chi connectivity index (χ0n) is 10.9. The predicted octanol–water partition coefficient (Wildman–Crippen LogP) is 0.944. The zero-order valence-corrected chi connectivity index (χ0v) is 11.7. The molecule has 0 spiro atoms. The third-order valence-electron chi connectivity index (χ3n) is 3.19. The number of nitrogens with zero attached hydrogens (tertiary/aromatic N) is 1. The van der Waals surface area contributed by atoms with Gasteiger partial charge in [0, 0.05) is 13.1 Å². The predicted molar refractivity (Wildman–Crippen MR) is 73.6 cm³/mol. The minimum Gasteiger partial charge on any atom is -0.481 e. The highest BCUT2D eigenvalue weighted by Crippen LogP contribution is 2.22. The van der Waals surface area contributed by atoms with E-state index in [0.29, 0.717) is 17.8 Å². The Morgan fingerprint density at radius 1 is 1.45 bits per heavy atom. The second kappa shape index (κ2) is 6.51. The van der Waals surface area contributed by atoms with Gasteiger partial charge in [0.15, 0.2) is 0 Å². The van der Waals surface area contributed by atoms with Gasteiger partial charge in [-0.1, -0.05) is 6.07 Å². The van der Waals surface area contributed by atoms with Crippen LogP contribution in [-0.4, -0.2) is 46.9 Å². The molecule has 0 aromatic carbocycles. The van der Waals surface area contributed by atoms with Crippen LogP contribution in [0.5, 0.6) is 0 Å². The number of likely N-dealkylation sites (tertiary alicyclic amines) is 1. The Bertz CT molecular complexity index is 500. The highest BCUT2D eigenvalue weighted by molar-refractivity contribution is 7.12. The van der Waals surface area contributed by atoms with E-state index in [1.807, 2.05) is 5.38 Å². The summed E-state index contributed by atoms with van der Waals surface area (Å²) >= 11 is 1.35. The Morgan fingerprint density at radius 2 is 2.25 bits per heavy atom. The highest BCUT2D eigenvalue weighted by Gasteiger charge is 2.34. The van der Waals surface area contributed by atoms with Crippen molar-refractivity contribution in [3.63, 3.8) is 0 Å². The summed E-state index contributed by atoms with van der Waals surface area (Å²) in [6.45, 7) is 0.652. The van der Waals surface area contributed by atoms with E-state index in [4.69, 9.17) is 5.11 Å². The second-order valence-electron chi connectivity index (χ2n) is 4.57. The van der Waals surface area contributed by atoms with Gasteiger partial charge >= 0.3 is 5.97 Å². The van der Waals surface area contributed by atoms with Gasteiger partial charge < -0.3 is 15.3 Å². The van der Waals surface area contributed by atoms with Gasteiger partial charge in [0.1, 0.15) is 6.04 Å². The lowest BCUT2D eigenvalue weighted by Gasteiger charge is -2.23. The van der Waals surface area contributed by atoms with E-state index in [2.05, 4.69) is 5.32 Å². The van der Waals surface area contributed by atoms with Crippen LogP contribution >= 0.6 is 11.3 Å². The molecule has 1 aliphatic heterocycles. The number of rotatable bonds is 5. The molecule has 0 unspecified atom stereocenters. The maximum Gasteiger partial charge on any atom is 0.305 e. The number of thiophene rings is 1. The van der Waals surface area contributed by atoms with E-state index in [1.54, 1.807) is 17.0 Å². The fraction of sp³-hybridized carbons (Fsp3) is 0.462. The standard InChI is InChI=1S/C13H16N2O4S/c16-11(17)5-6-14-12(18)9-3-1-7-15(9)13(19)10-4-2-8-20-10/h2,4,8-9H,1,3,5-7H2,(H,14,18)(H,16,17)/t9-/m0/s1. The number of aliphatic carboxylic acids is 1. The SMILES string of the molecule is O=C(O)CCNC(=O)[C@@H]1CCCN1C(=O)c1cccs1. The van der Waals surface area contributed by atoms with Crippen LogP contribution in [0.1, 0.15) is 28.9 Å². The van der Waals surface area contributed by atoms with Crippen LogP contribution in [0.2, 0.25) is 0 Å². The molecule has 1 aliphatic rings. The zero-order chi connectivity index (χ0) is 14.5. The van der Waals surface area contributed by atoms with E-state index < -0.39 is 12.0 Å². The van der Waals surface area contributed by atoms with Gasteiger partial charge in [0.25, 0.3) is 5.91 Å². The summed E-state index contributed by atoms with van der Waals surface area (Å²) in [6, 6.07) is 3.05. The molecule has 7 heteroatoms. The number of carboxylic acids is 1. The molecule has 2 N–H and O–H groups in total. The average molecular weight is 296 g/mol. The van der Waals surface area contributed by atoms with Gasteiger partial charge in [-0.05, 0) is 24.3 Å². The molecule has 0 radical (unpaired) electrons. The van der Waals surface area contributed by atoms with Crippen molar-refractivity contribution < 1.29 is 19.5 Å². The van der Waals surface area contributed by atoms with Crippen LogP contribution in [0.4, 0.5) is 0 Å². The maximum absolute atomic E-state index is 12.3. The molecule has 6 nitrogen and oxygen atoms in total. The first-order chi connectivity index (χ1) is 9.59. The Hall–Kier alpha value is -1.89. The van der Waals surface area contributed by atoms with Crippen molar-refractivity contribution in [3.05, 3.63) is 22.4 Å². The van der Waals surface area contributed by atoms with Crippen LogP contribution < -0.4 is 5.32 Å². The summed E-state index contributed by atoms with van der Waals surface area (Å²) in [5, 5.41) is 12.9. The molecule has 1 saturated heterocycles. The van der Waals surface area contributed by atoms with Crippen molar-refractivity contribution in [2.75, 3.05) is 13.1 Å². The Labute approximate surface area is 120 Å². The summed E-state index contributed by atoms with van der Waals surface area (Å²) in [7, 11) is 0. The first-order valence-electron chi connectivity index (χ1n) is 6.43. The van der Waals surface area contributed by atoms with Gasteiger partial charge in [-0.15, -0.1) is 11.3 Å². The highest BCUT2D eigenvalue weighted by atomic mass is 32.1. The fourth-order valence-corrected chi connectivity index (χ4v) is 2.91.